The Morgan fingerprint density at radius 2 is 1.50 bits per heavy atom. The topological polar surface area (TPSA) is 0 Å². The summed E-state index contributed by atoms with van der Waals surface area (Å²) in [5.41, 5.74) is 2.52. The lowest BCUT2D eigenvalue weighted by Crippen LogP contribution is -2.17. The SMILES string of the molecule is CCc1ccc(C#CS(C)(C(C)C)C(C)C)cc1. The molecule has 0 unspecified atom stereocenters. The van der Waals surface area contributed by atoms with Crippen LogP contribution >= 0.6 is 10.0 Å². The van der Waals surface area contributed by atoms with Gasteiger partial charge in [-0.1, -0.05) is 52.7 Å². The molecule has 0 amide bonds. The van der Waals surface area contributed by atoms with Crippen LogP contribution in [0.4, 0.5) is 0 Å². The average molecular weight is 262 g/mol. The minimum Gasteiger partial charge on any atom is -0.175 e. The van der Waals surface area contributed by atoms with Crippen molar-refractivity contribution in [1.29, 1.82) is 0 Å². The van der Waals surface area contributed by atoms with Gasteiger partial charge in [0.1, 0.15) is 0 Å². The summed E-state index contributed by atoms with van der Waals surface area (Å²) in [6.45, 7) is 11.4. The molecule has 0 spiro atoms. The largest absolute Gasteiger partial charge is 0.175 e. The number of hydrogen-bond donors (Lipinski definition) is 0. The first-order chi connectivity index (χ1) is 8.40. The summed E-state index contributed by atoms with van der Waals surface area (Å²) >= 11 is 0. The number of hydrogen-bond acceptors (Lipinski definition) is 0. The molecule has 0 aliphatic heterocycles. The molecule has 0 saturated heterocycles. The van der Waals surface area contributed by atoms with Gasteiger partial charge in [-0.3, -0.25) is 0 Å². The standard InChI is InChI=1S/C17H26S/c1-7-16-8-10-17(11-9-16)12-13-18(6,14(2)3)15(4)5/h8-11,14-15H,7H2,1-6H3. The smallest absolute Gasteiger partial charge is 0.0253 e. The van der Waals surface area contributed by atoms with Gasteiger partial charge < -0.3 is 0 Å². The molecule has 0 bridgehead atoms. The number of rotatable bonds is 3. The molecular weight excluding hydrogens is 236 g/mol. The summed E-state index contributed by atoms with van der Waals surface area (Å²) in [6.07, 6.45) is 3.45. The van der Waals surface area contributed by atoms with E-state index in [4.69, 9.17) is 0 Å². The van der Waals surface area contributed by atoms with E-state index in [2.05, 4.69) is 76.3 Å². The highest BCUT2D eigenvalue weighted by Crippen LogP contribution is 2.52. The van der Waals surface area contributed by atoms with Crippen molar-refractivity contribution in [2.24, 2.45) is 0 Å². The summed E-state index contributed by atoms with van der Waals surface area (Å²) in [7, 11) is -0.847. The Bertz CT molecular complexity index is 421. The van der Waals surface area contributed by atoms with Crippen LogP contribution in [0.5, 0.6) is 0 Å². The Balaban J connectivity index is 2.97. The molecule has 0 N–H and O–H groups in total. The highest BCUT2D eigenvalue weighted by atomic mass is 32.3. The predicted octanol–water partition coefficient (Wildman–Crippen LogP) is 4.81. The van der Waals surface area contributed by atoms with Crippen molar-refractivity contribution in [3.63, 3.8) is 0 Å². The van der Waals surface area contributed by atoms with E-state index in [9.17, 15) is 0 Å². The van der Waals surface area contributed by atoms with Crippen LogP contribution in [-0.4, -0.2) is 16.8 Å². The Morgan fingerprint density at radius 1 is 1.00 bits per heavy atom. The normalized spacial score (nSPS) is 12.4. The number of benzene rings is 1. The Morgan fingerprint density at radius 3 is 1.89 bits per heavy atom. The van der Waals surface area contributed by atoms with Gasteiger partial charge in [-0.25, -0.2) is 0 Å². The third-order valence-electron chi connectivity index (χ3n) is 3.74. The molecule has 18 heavy (non-hydrogen) atoms. The van der Waals surface area contributed by atoms with Crippen molar-refractivity contribution in [2.75, 3.05) is 6.26 Å². The van der Waals surface area contributed by atoms with E-state index in [1.807, 2.05) is 0 Å². The first-order valence-electron chi connectivity index (χ1n) is 6.78. The fourth-order valence-corrected chi connectivity index (χ4v) is 3.67. The van der Waals surface area contributed by atoms with E-state index < -0.39 is 10.0 Å². The van der Waals surface area contributed by atoms with Gasteiger partial charge in [0.15, 0.2) is 0 Å². The van der Waals surface area contributed by atoms with Gasteiger partial charge in [-0.15, -0.1) is 0 Å². The zero-order chi connectivity index (χ0) is 13.8. The maximum absolute atomic E-state index is 3.58. The Hall–Kier alpha value is -0.870. The fraction of sp³-hybridized carbons (Fsp3) is 0.529. The fourth-order valence-electron chi connectivity index (χ4n) is 1.77. The molecule has 1 rings (SSSR count). The molecule has 1 heteroatoms. The average Bonchev–Trinajstić information content (AvgIpc) is 2.36. The second-order valence-corrected chi connectivity index (χ2v) is 9.61. The molecule has 0 atom stereocenters. The zero-order valence-corrected chi connectivity index (χ0v) is 13.4. The van der Waals surface area contributed by atoms with E-state index in [1.165, 1.54) is 5.56 Å². The van der Waals surface area contributed by atoms with Gasteiger partial charge in [0, 0.05) is 5.56 Å². The molecule has 0 aromatic heterocycles. The van der Waals surface area contributed by atoms with Gasteiger partial charge in [0.25, 0.3) is 0 Å². The maximum Gasteiger partial charge on any atom is 0.0253 e. The summed E-state index contributed by atoms with van der Waals surface area (Å²) in [5.74, 6) is 3.39. The van der Waals surface area contributed by atoms with Crippen LogP contribution in [-0.2, 0) is 6.42 Å². The van der Waals surface area contributed by atoms with Crippen molar-refractivity contribution >= 4 is 10.0 Å². The molecule has 1 aromatic carbocycles. The van der Waals surface area contributed by atoms with Gasteiger partial charge in [-0.2, -0.15) is 10.0 Å². The molecular formula is C17H26S. The molecule has 0 radical (unpaired) electrons. The lowest BCUT2D eigenvalue weighted by molar-refractivity contribution is 1.02. The summed E-state index contributed by atoms with van der Waals surface area (Å²) in [4.78, 5) is 0. The predicted molar refractivity (Wildman–Crippen MR) is 86.5 cm³/mol. The van der Waals surface area contributed by atoms with Crippen molar-refractivity contribution in [1.82, 2.24) is 0 Å². The zero-order valence-electron chi connectivity index (χ0n) is 12.6. The van der Waals surface area contributed by atoms with Crippen molar-refractivity contribution in [2.45, 2.75) is 51.5 Å². The number of aryl methyl sites for hydroxylation is 1. The third kappa shape index (κ3) is 3.56. The Labute approximate surface area is 115 Å². The van der Waals surface area contributed by atoms with Gasteiger partial charge in [0.05, 0.1) is 0 Å². The first-order valence-corrected chi connectivity index (χ1v) is 8.94. The molecule has 0 heterocycles. The van der Waals surface area contributed by atoms with E-state index in [1.54, 1.807) is 0 Å². The summed E-state index contributed by atoms with van der Waals surface area (Å²) in [5, 5.41) is 4.89. The van der Waals surface area contributed by atoms with Crippen molar-refractivity contribution in [3.05, 3.63) is 35.4 Å². The Kier molecular flexibility index (Phi) is 5.35. The highest BCUT2D eigenvalue weighted by Gasteiger charge is 2.23. The van der Waals surface area contributed by atoms with Crippen molar-refractivity contribution < 1.29 is 0 Å². The molecule has 0 fully saturated rings. The summed E-state index contributed by atoms with van der Waals surface area (Å²) in [6, 6.07) is 8.65. The molecule has 0 aliphatic rings. The van der Waals surface area contributed by atoms with Crippen LogP contribution in [0.1, 0.15) is 45.7 Å². The molecule has 100 valence electrons. The van der Waals surface area contributed by atoms with Gasteiger partial charge in [0.2, 0.25) is 0 Å². The van der Waals surface area contributed by atoms with Crippen LogP contribution in [0.3, 0.4) is 0 Å². The lowest BCUT2D eigenvalue weighted by atomic mass is 10.1. The second kappa shape index (κ2) is 6.34. The minimum atomic E-state index is -0.847. The molecule has 0 aliphatic carbocycles. The monoisotopic (exact) mass is 262 g/mol. The summed E-state index contributed by atoms with van der Waals surface area (Å²) < 4.78 is 0. The van der Waals surface area contributed by atoms with E-state index >= 15 is 0 Å². The van der Waals surface area contributed by atoms with E-state index in [-0.39, 0.29) is 0 Å². The van der Waals surface area contributed by atoms with Crippen LogP contribution in [0, 0.1) is 11.2 Å². The van der Waals surface area contributed by atoms with Crippen LogP contribution in [0.25, 0.3) is 0 Å². The maximum atomic E-state index is 3.58. The van der Waals surface area contributed by atoms with Crippen LogP contribution < -0.4 is 0 Å². The van der Waals surface area contributed by atoms with Crippen LogP contribution in [0.2, 0.25) is 0 Å². The highest BCUT2D eigenvalue weighted by molar-refractivity contribution is 8.37. The van der Waals surface area contributed by atoms with Gasteiger partial charge >= 0.3 is 0 Å². The van der Waals surface area contributed by atoms with E-state index in [0.717, 1.165) is 12.0 Å². The second-order valence-electron chi connectivity index (χ2n) is 5.42. The van der Waals surface area contributed by atoms with Gasteiger partial charge in [-0.05, 0) is 46.1 Å². The molecule has 1 aromatic rings. The third-order valence-corrected chi connectivity index (χ3v) is 8.19. The van der Waals surface area contributed by atoms with E-state index in [0.29, 0.717) is 10.5 Å². The molecule has 0 saturated carbocycles. The quantitative estimate of drug-likeness (QED) is 0.686. The van der Waals surface area contributed by atoms with Crippen molar-refractivity contribution in [3.8, 4) is 11.2 Å². The molecule has 0 nitrogen and oxygen atoms in total. The minimum absolute atomic E-state index is 0.653. The lowest BCUT2D eigenvalue weighted by Gasteiger charge is -2.38. The van der Waals surface area contributed by atoms with Crippen LogP contribution in [0.15, 0.2) is 24.3 Å². The first kappa shape index (κ1) is 15.2.